The molecule has 0 radical (unpaired) electrons. The van der Waals surface area contributed by atoms with Gasteiger partial charge in [-0.3, -0.25) is 4.79 Å². The van der Waals surface area contributed by atoms with Gasteiger partial charge in [0.15, 0.2) is 5.69 Å². The van der Waals surface area contributed by atoms with Crippen LogP contribution in [0, 0.1) is 0 Å². The van der Waals surface area contributed by atoms with Crippen LogP contribution in [-0.4, -0.2) is 15.7 Å². The fraction of sp³-hybridized carbons (Fsp3) is 0.111. The molecule has 11 heteroatoms. The van der Waals surface area contributed by atoms with Gasteiger partial charge in [0.1, 0.15) is 0 Å². The summed E-state index contributed by atoms with van der Waals surface area (Å²) in [5.74, 6) is -1.24. The normalized spacial score (nSPS) is 12.1. The third-order valence-corrected chi connectivity index (χ3v) is 4.50. The summed E-state index contributed by atoms with van der Waals surface area (Å²) in [5, 5.41) is 5.70. The van der Waals surface area contributed by atoms with Crippen LogP contribution in [0.15, 0.2) is 59.2 Å². The number of anilines is 1. The molecule has 0 unspecified atom stereocenters. The summed E-state index contributed by atoms with van der Waals surface area (Å²) in [6, 6.07) is 10.1. The molecule has 4 nitrogen and oxygen atoms in total. The quantitative estimate of drug-likeness (QED) is 0.475. The molecule has 0 aliphatic carbocycles. The Kier molecular flexibility index (Phi) is 5.44. The van der Waals surface area contributed by atoms with Crippen molar-refractivity contribution < 1.29 is 31.1 Å². The van der Waals surface area contributed by atoms with E-state index in [1.807, 2.05) is 0 Å². The third-order valence-electron chi connectivity index (χ3n) is 3.81. The third kappa shape index (κ3) is 4.44. The average Bonchev–Trinajstić information content (AvgIpc) is 3.09. The largest absolute Gasteiger partial charge is 0.434 e. The van der Waals surface area contributed by atoms with Crippen molar-refractivity contribution in [2.24, 2.45) is 0 Å². The number of halogens is 7. The SMILES string of the molecule is O=C(Nc1ccc(Br)c(C(F)(F)F)c1)c1cnn(-c2ccccc2)c1C(F)(F)F. The van der Waals surface area contributed by atoms with Crippen molar-refractivity contribution >= 4 is 27.5 Å². The number of carbonyl (C=O) groups excluding carboxylic acids is 1. The van der Waals surface area contributed by atoms with Crippen LogP contribution in [0.4, 0.5) is 32.0 Å². The van der Waals surface area contributed by atoms with Gasteiger partial charge in [0.05, 0.1) is 23.0 Å². The van der Waals surface area contributed by atoms with Crippen LogP contribution in [0.1, 0.15) is 21.6 Å². The van der Waals surface area contributed by atoms with Gasteiger partial charge < -0.3 is 5.32 Å². The summed E-state index contributed by atoms with van der Waals surface area (Å²) in [7, 11) is 0. The first kappa shape index (κ1) is 20.9. The van der Waals surface area contributed by atoms with E-state index in [0.717, 1.165) is 12.1 Å². The number of alkyl halides is 6. The van der Waals surface area contributed by atoms with E-state index in [2.05, 4.69) is 26.3 Å². The first-order valence-corrected chi connectivity index (χ1v) is 8.66. The molecule has 0 saturated heterocycles. The molecular weight excluding hydrogens is 468 g/mol. The van der Waals surface area contributed by atoms with Crippen LogP contribution in [0.3, 0.4) is 0 Å². The lowest BCUT2D eigenvalue weighted by atomic mass is 10.1. The summed E-state index contributed by atoms with van der Waals surface area (Å²) in [5.41, 5.74) is -3.48. The maximum Gasteiger partial charge on any atom is 0.434 e. The number of nitrogens with one attached hydrogen (secondary N) is 1. The number of hydrogen-bond acceptors (Lipinski definition) is 2. The molecular formula is C18H10BrF6N3O. The second-order valence-electron chi connectivity index (χ2n) is 5.80. The molecule has 0 spiro atoms. The molecule has 1 amide bonds. The van der Waals surface area contributed by atoms with Crippen LogP contribution in [0.5, 0.6) is 0 Å². The van der Waals surface area contributed by atoms with Gasteiger partial charge in [-0.15, -0.1) is 0 Å². The molecule has 1 heterocycles. The Morgan fingerprint density at radius 2 is 1.62 bits per heavy atom. The minimum absolute atomic E-state index is 0.0712. The highest BCUT2D eigenvalue weighted by molar-refractivity contribution is 9.10. The number of para-hydroxylation sites is 1. The number of benzene rings is 2. The Morgan fingerprint density at radius 1 is 0.966 bits per heavy atom. The van der Waals surface area contributed by atoms with E-state index in [1.54, 1.807) is 6.07 Å². The maximum atomic E-state index is 13.6. The molecule has 0 aliphatic rings. The minimum Gasteiger partial charge on any atom is -0.322 e. The van der Waals surface area contributed by atoms with E-state index in [1.165, 1.54) is 24.3 Å². The standard InChI is InChI=1S/C18H10BrF6N3O/c19-14-7-6-10(8-13(14)17(20,21)22)27-16(29)12-9-26-28(15(12)18(23,24)25)11-4-2-1-3-5-11/h1-9H,(H,27,29). The fourth-order valence-electron chi connectivity index (χ4n) is 2.57. The predicted molar refractivity (Wildman–Crippen MR) is 95.7 cm³/mol. The van der Waals surface area contributed by atoms with E-state index in [-0.39, 0.29) is 15.8 Å². The number of rotatable bonds is 3. The van der Waals surface area contributed by atoms with Crippen molar-refractivity contribution in [1.82, 2.24) is 9.78 Å². The number of nitrogens with zero attached hydrogens (tertiary/aromatic N) is 2. The highest BCUT2D eigenvalue weighted by Gasteiger charge is 2.40. The minimum atomic E-state index is -4.93. The zero-order valence-electron chi connectivity index (χ0n) is 14.1. The van der Waals surface area contributed by atoms with E-state index in [4.69, 9.17) is 0 Å². The predicted octanol–water partition coefficient (Wildman–Crippen LogP) is 5.92. The Hall–Kier alpha value is -2.82. The molecule has 3 aromatic rings. The van der Waals surface area contributed by atoms with Gasteiger partial charge in [-0.2, -0.15) is 31.4 Å². The van der Waals surface area contributed by atoms with E-state index in [9.17, 15) is 31.1 Å². The lowest BCUT2D eigenvalue weighted by Gasteiger charge is -2.14. The highest BCUT2D eigenvalue weighted by atomic mass is 79.9. The van der Waals surface area contributed by atoms with E-state index in [0.29, 0.717) is 16.9 Å². The van der Waals surface area contributed by atoms with Crippen molar-refractivity contribution in [3.8, 4) is 5.69 Å². The summed E-state index contributed by atoms with van der Waals surface area (Å²) in [6.07, 6.45) is -8.93. The zero-order valence-corrected chi connectivity index (χ0v) is 15.7. The topological polar surface area (TPSA) is 46.9 Å². The summed E-state index contributed by atoms with van der Waals surface area (Å²) in [6.45, 7) is 0. The number of hydrogen-bond donors (Lipinski definition) is 1. The Balaban J connectivity index is 2.00. The van der Waals surface area contributed by atoms with Crippen LogP contribution in [-0.2, 0) is 12.4 Å². The van der Waals surface area contributed by atoms with Gasteiger partial charge in [0.2, 0.25) is 0 Å². The van der Waals surface area contributed by atoms with Crippen molar-refractivity contribution in [2.45, 2.75) is 12.4 Å². The van der Waals surface area contributed by atoms with Gasteiger partial charge in [-0.1, -0.05) is 34.1 Å². The summed E-state index contributed by atoms with van der Waals surface area (Å²) >= 11 is 2.75. The molecule has 0 saturated carbocycles. The van der Waals surface area contributed by atoms with Gasteiger partial charge in [0, 0.05) is 10.2 Å². The first-order chi connectivity index (χ1) is 13.5. The van der Waals surface area contributed by atoms with Crippen molar-refractivity contribution in [3.63, 3.8) is 0 Å². The van der Waals surface area contributed by atoms with E-state index >= 15 is 0 Å². The zero-order chi connectivity index (χ0) is 21.4. The summed E-state index contributed by atoms with van der Waals surface area (Å²) in [4.78, 5) is 12.4. The van der Waals surface area contributed by atoms with Gasteiger partial charge in [0.25, 0.3) is 5.91 Å². The number of amides is 1. The maximum absolute atomic E-state index is 13.6. The van der Waals surface area contributed by atoms with Crippen molar-refractivity contribution in [1.29, 1.82) is 0 Å². The number of carbonyl (C=O) groups is 1. The molecule has 0 aliphatic heterocycles. The van der Waals surface area contributed by atoms with Crippen LogP contribution in [0.25, 0.3) is 5.69 Å². The van der Waals surface area contributed by atoms with Gasteiger partial charge in [-0.05, 0) is 30.3 Å². The number of aromatic nitrogens is 2. The lowest BCUT2D eigenvalue weighted by molar-refractivity contribution is -0.143. The molecule has 152 valence electrons. The van der Waals surface area contributed by atoms with E-state index < -0.39 is 35.1 Å². The molecule has 1 aromatic heterocycles. The molecule has 3 rings (SSSR count). The smallest absolute Gasteiger partial charge is 0.322 e. The highest BCUT2D eigenvalue weighted by Crippen LogP contribution is 2.37. The first-order valence-electron chi connectivity index (χ1n) is 7.87. The Labute approximate surface area is 168 Å². The average molecular weight is 478 g/mol. The molecule has 2 aromatic carbocycles. The monoisotopic (exact) mass is 477 g/mol. The van der Waals surface area contributed by atoms with Gasteiger partial charge >= 0.3 is 12.4 Å². The molecule has 0 atom stereocenters. The molecule has 29 heavy (non-hydrogen) atoms. The van der Waals surface area contributed by atoms with Crippen LogP contribution in [0.2, 0.25) is 0 Å². The Bertz CT molecular complexity index is 1040. The van der Waals surface area contributed by atoms with Crippen molar-refractivity contribution in [3.05, 3.63) is 76.0 Å². The molecule has 1 N–H and O–H groups in total. The van der Waals surface area contributed by atoms with Gasteiger partial charge in [-0.25, -0.2) is 4.68 Å². The summed E-state index contributed by atoms with van der Waals surface area (Å²) < 4.78 is 80.1. The lowest BCUT2D eigenvalue weighted by Crippen LogP contribution is -2.21. The second kappa shape index (κ2) is 7.54. The molecule has 0 fully saturated rings. The van der Waals surface area contributed by atoms with Crippen molar-refractivity contribution in [2.75, 3.05) is 5.32 Å². The second-order valence-corrected chi connectivity index (χ2v) is 6.65. The molecule has 0 bridgehead atoms. The van der Waals surface area contributed by atoms with Crippen LogP contribution < -0.4 is 5.32 Å². The Morgan fingerprint density at radius 3 is 2.21 bits per heavy atom. The fourth-order valence-corrected chi connectivity index (χ4v) is 3.04. The van der Waals surface area contributed by atoms with Crippen LogP contribution >= 0.6 is 15.9 Å².